The summed E-state index contributed by atoms with van der Waals surface area (Å²) < 4.78 is 4.17. The zero-order chi connectivity index (χ0) is 17.5. The second-order valence-electron chi connectivity index (χ2n) is 6.88. The highest BCUT2D eigenvalue weighted by Gasteiger charge is 2.15. The van der Waals surface area contributed by atoms with Gasteiger partial charge >= 0.3 is 0 Å². The molecule has 0 atom stereocenters. The SMILES string of the molecule is Cc1cc2nc(NCc3nnc4n3CCCCC4)c3ccccc3n2n1. The third-order valence-electron chi connectivity index (χ3n) is 5.03. The number of hydrogen-bond acceptors (Lipinski definition) is 5. The van der Waals surface area contributed by atoms with Gasteiger partial charge < -0.3 is 9.88 Å². The Kier molecular flexibility index (Phi) is 3.58. The Morgan fingerprint density at radius 3 is 3.00 bits per heavy atom. The van der Waals surface area contributed by atoms with Gasteiger partial charge in [-0.1, -0.05) is 18.6 Å². The smallest absolute Gasteiger partial charge is 0.158 e. The summed E-state index contributed by atoms with van der Waals surface area (Å²) in [7, 11) is 0. The minimum Gasteiger partial charge on any atom is -0.362 e. The number of aromatic nitrogens is 6. The normalized spacial score (nSPS) is 14.5. The second kappa shape index (κ2) is 6.09. The number of anilines is 1. The van der Waals surface area contributed by atoms with Gasteiger partial charge in [0.2, 0.25) is 0 Å². The van der Waals surface area contributed by atoms with Gasteiger partial charge in [-0.05, 0) is 31.9 Å². The highest BCUT2D eigenvalue weighted by atomic mass is 15.3. The first-order valence-electron chi connectivity index (χ1n) is 9.19. The monoisotopic (exact) mass is 347 g/mol. The molecule has 5 rings (SSSR count). The predicted octanol–water partition coefficient (Wildman–Crippen LogP) is 3.12. The minimum absolute atomic E-state index is 0.618. The van der Waals surface area contributed by atoms with E-state index in [1.165, 1.54) is 19.3 Å². The van der Waals surface area contributed by atoms with Crippen LogP contribution in [0, 0.1) is 6.92 Å². The number of nitrogens with zero attached hydrogens (tertiary/aromatic N) is 6. The highest BCUT2D eigenvalue weighted by Crippen LogP contribution is 2.24. The van der Waals surface area contributed by atoms with Crippen LogP contribution in [0.5, 0.6) is 0 Å². The van der Waals surface area contributed by atoms with Crippen molar-refractivity contribution < 1.29 is 0 Å². The molecule has 26 heavy (non-hydrogen) atoms. The standard InChI is InChI=1S/C19H21N7/c1-13-11-17-21-19(14-7-4-5-8-15(14)26(17)24-13)20-12-18-23-22-16-9-3-2-6-10-25(16)18/h4-5,7-8,11H,2-3,6,9-10,12H2,1H3,(H,20,21). The molecule has 1 aromatic carbocycles. The van der Waals surface area contributed by atoms with E-state index in [2.05, 4.69) is 37.3 Å². The Morgan fingerprint density at radius 1 is 1.12 bits per heavy atom. The average molecular weight is 347 g/mol. The summed E-state index contributed by atoms with van der Waals surface area (Å²) in [5.41, 5.74) is 2.86. The van der Waals surface area contributed by atoms with Crippen LogP contribution < -0.4 is 5.32 Å². The molecule has 3 aromatic heterocycles. The molecule has 132 valence electrons. The number of nitrogens with one attached hydrogen (secondary N) is 1. The molecule has 7 heteroatoms. The summed E-state index contributed by atoms with van der Waals surface area (Å²) in [6.07, 6.45) is 4.68. The van der Waals surface area contributed by atoms with E-state index in [0.717, 1.165) is 52.7 Å². The van der Waals surface area contributed by atoms with Crippen LogP contribution in [0.2, 0.25) is 0 Å². The van der Waals surface area contributed by atoms with Gasteiger partial charge in [-0.25, -0.2) is 9.50 Å². The van der Waals surface area contributed by atoms with E-state index in [-0.39, 0.29) is 0 Å². The number of para-hydroxylation sites is 1. The Bertz CT molecular complexity index is 1090. The fourth-order valence-electron chi connectivity index (χ4n) is 3.75. The van der Waals surface area contributed by atoms with Crippen molar-refractivity contribution in [2.24, 2.45) is 0 Å². The Hall–Kier alpha value is -2.96. The molecule has 0 spiro atoms. The average Bonchev–Trinajstić information content (AvgIpc) is 3.13. The zero-order valence-corrected chi connectivity index (χ0v) is 14.8. The summed E-state index contributed by atoms with van der Waals surface area (Å²) in [6, 6.07) is 10.2. The molecular formula is C19H21N7. The predicted molar refractivity (Wildman–Crippen MR) is 100 cm³/mol. The molecule has 1 aliphatic rings. The first-order chi connectivity index (χ1) is 12.8. The molecule has 0 fully saturated rings. The second-order valence-corrected chi connectivity index (χ2v) is 6.88. The summed E-state index contributed by atoms with van der Waals surface area (Å²) >= 11 is 0. The molecule has 4 heterocycles. The number of rotatable bonds is 3. The number of hydrogen-bond donors (Lipinski definition) is 1. The van der Waals surface area contributed by atoms with E-state index >= 15 is 0 Å². The van der Waals surface area contributed by atoms with E-state index in [1.807, 2.05) is 29.6 Å². The van der Waals surface area contributed by atoms with E-state index in [0.29, 0.717) is 6.54 Å². The molecule has 1 N–H and O–H groups in total. The summed E-state index contributed by atoms with van der Waals surface area (Å²) in [5.74, 6) is 2.95. The first-order valence-corrected chi connectivity index (χ1v) is 9.19. The minimum atomic E-state index is 0.618. The molecule has 0 unspecified atom stereocenters. The van der Waals surface area contributed by atoms with Gasteiger partial charge in [0, 0.05) is 24.4 Å². The molecular weight excluding hydrogens is 326 g/mol. The summed E-state index contributed by atoms with van der Waals surface area (Å²) in [6.45, 7) is 3.61. The van der Waals surface area contributed by atoms with Crippen LogP contribution in [-0.4, -0.2) is 29.4 Å². The number of aryl methyl sites for hydroxylation is 2. The summed E-state index contributed by atoms with van der Waals surface area (Å²) in [5, 5.41) is 17.9. The largest absolute Gasteiger partial charge is 0.362 e. The Balaban J connectivity index is 1.52. The van der Waals surface area contributed by atoms with Crippen molar-refractivity contribution in [2.75, 3.05) is 5.32 Å². The third kappa shape index (κ3) is 2.51. The van der Waals surface area contributed by atoms with Crippen molar-refractivity contribution >= 4 is 22.4 Å². The van der Waals surface area contributed by atoms with Crippen LogP contribution in [-0.2, 0) is 19.5 Å². The van der Waals surface area contributed by atoms with Gasteiger partial charge in [-0.2, -0.15) is 5.10 Å². The number of benzene rings is 1. The lowest BCUT2D eigenvalue weighted by Crippen LogP contribution is -2.11. The lowest BCUT2D eigenvalue weighted by Gasteiger charge is -2.11. The van der Waals surface area contributed by atoms with Crippen LogP contribution in [0.3, 0.4) is 0 Å². The van der Waals surface area contributed by atoms with Crippen molar-refractivity contribution in [2.45, 2.75) is 45.7 Å². The maximum Gasteiger partial charge on any atom is 0.158 e. The molecule has 0 saturated carbocycles. The zero-order valence-electron chi connectivity index (χ0n) is 14.8. The van der Waals surface area contributed by atoms with Gasteiger partial charge in [-0.3, -0.25) is 0 Å². The lowest BCUT2D eigenvalue weighted by atomic mass is 10.2. The molecule has 1 aliphatic heterocycles. The van der Waals surface area contributed by atoms with Gasteiger partial charge in [-0.15, -0.1) is 10.2 Å². The quantitative estimate of drug-likeness (QED) is 0.616. The topological polar surface area (TPSA) is 72.9 Å². The fourth-order valence-corrected chi connectivity index (χ4v) is 3.75. The van der Waals surface area contributed by atoms with Crippen LogP contribution in [0.1, 0.15) is 36.6 Å². The van der Waals surface area contributed by atoms with Crippen LogP contribution >= 0.6 is 0 Å². The van der Waals surface area contributed by atoms with Crippen molar-refractivity contribution in [1.29, 1.82) is 0 Å². The van der Waals surface area contributed by atoms with Gasteiger partial charge in [0.15, 0.2) is 11.5 Å². The molecule has 0 saturated heterocycles. The molecule has 0 radical (unpaired) electrons. The molecule has 0 amide bonds. The Morgan fingerprint density at radius 2 is 2.04 bits per heavy atom. The molecule has 0 bridgehead atoms. The highest BCUT2D eigenvalue weighted by molar-refractivity contribution is 5.91. The molecule has 7 nitrogen and oxygen atoms in total. The van der Waals surface area contributed by atoms with E-state index in [1.54, 1.807) is 0 Å². The van der Waals surface area contributed by atoms with Gasteiger partial charge in [0.25, 0.3) is 0 Å². The van der Waals surface area contributed by atoms with Crippen molar-refractivity contribution in [3.05, 3.63) is 47.7 Å². The molecule has 4 aromatic rings. The van der Waals surface area contributed by atoms with Crippen LogP contribution in [0.25, 0.3) is 16.6 Å². The number of fused-ring (bicyclic) bond motifs is 4. The van der Waals surface area contributed by atoms with Crippen molar-refractivity contribution in [1.82, 2.24) is 29.4 Å². The maximum absolute atomic E-state index is 4.79. The fraction of sp³-hybridized carbons (Fsp3) is 0.368. The molecule has 0 aliphatic carbocycles. The van der Waals surface area contributed by atoms with Gasteiger partial charge in [0.05, 0.1) is 17.8 Å². The van der Waals surface area contributed by atoms with Crippen molar-refractivity contribution in [3.63, 3.8) is 0 Å². The van der Waals surface area contributed by atoms with Crippen molar-refractivity contribution in [3.8, 4) is 0 Å². The van der Waals surface area contributed by atoms with Crippen LogP contribution in [0.4, 0.5) is 5.82 Å². The Labute approximate surface area is 151 Å². The summed E-state index contributed by atoms with van der Waals surface area (Å²) in [4.78, 5) is 4.79. The van der Waals surface area contributed by atoms with E-state index < -0.39 is 0 Å². The van der Waals surface area contributed by atoms with E-state index in [9.17, 15) is 0 Å². The first kappa shape index (κ1) is 15.3. The maximum atomic E-state index is 4.79. The van der Waals surface area contributed by atoms with E-state index in [4.69, 9.17) is 4.98 Å². The third-order valence-corrected chi connectivity index (χ3v) is 5.03. The van der Waals surface area contributed by atoms with Gasteiger partial charge in [0.1, 0.15) is 11.6 Å². The lowest BCUT2D eigenvalue weighted by molar-refractivity contribution is 0.610. The van der Waals surface area contributed by atoms with Crippen LogP contribution in [0.15, 0.2) is 30.3 Å².